The lowest BCUT2D eigenvalue weighted by Crippen LogP contribution is -2.44. The molecule has 1 aromatic carbocycles. The van der Waals surface area contributed by atoms with Crippen LogP contribution in [0.25, 0.3) is 0 Å². The van der Waals surface area contributed by atoms with Crippen LogP contribution in [0.1, 0.15) is 24.8 Å². The predicted molar refractivity (Wildman–Crippen MR) is 104 cm³/mol. The summed E-state index contributed by atoms with van der Waals surface area (Å²) >= 11 is 0. The highest BCUT2D eigenvalue weighted by molar-refractivity contribution is 5.33. The van der Waals surface area contributed by atoms with Crippen LogP contribution < -0.4 is 0 Å². The van der Waals surface area contributed by atoms with Crippen LogP contribution in [-0.2, 0) is 20.9 Å². The van der Waals surface area contributed by atoms with Crippen LogP contribution >= 0.6 is 0 Å². The first kappa shape index (κ1) is 25.9. The first-order chi connectivity index (χ1) is 14.3. The maximum absolute atomic E-state index is 13.3. The molecule has 2 saturated heterocycles. The topological polar surface area (TPSA) is 90.3 Å². The molecule has 2 N–H and O–H groups in total. The number of alkyl halides is 1. The molecule has 0 amide bonds. The number of hydrogen-bond donors (Lipinski definition) is 2. The van der Waals surface area contributed by atoms with E-state index in [0.717, 1.165) is 37.9 Å². The van der Waals surface area contributed by atoms with Gasteiger partial charge in [0.25, 0.3) is 12.9 Å². The molecule has 7 nitrogen and oxygen atoms in total. The average Bonchev–Trinajstić information content (AvgIpc) is 3.12. The fourth-order valence-corrected chi connectivity index (χ4v) is 3.78. The van der Waals surface area contributed by atoms with Crippen LogP contribution in [0.2, 0.25) is 0 Å². The van der Waals surface area contributed by atoms with Gasteiger partial charge >= 0.3 is 0 Å². The second-order valence-electron chi connectivity index (χ2n) is 7.26. The van der Waals surface area contributed by atoms with Crippen molar-refractivity contribution in [1.82, 2.24) is 9.80 Å². The zero-order chi connectivity index (χ0) is 22.6. The first-order valence-corrected chi connectivity index (χ1v) is 9.56. The van der Waals surface area contributed by atoms with E-state index in [1.807, 2.05) is 11.9 Å². The predicted octanol–water partition coefficient (Wildman–Crippen LogP) is 2.39. The highest BCUT2D eigenvalue weighted by Gasteiger charge is 2.43. The number of carbonyl (C=O) groups is 2. The molecule has 0 bridgehead atoms. The van der Waals surface area contributed by atoms with E-state index in [9.17, 15) is 13.2 Å². The van der Waals surface area contributed by atoms with Gasteiger partial charge in [0.05, 0.1) is 12.2 Å². The molecule has 10 heteroatoms. The van der Waals surface area contributed by atoms with Crippen molar-refractivity contribution in [3.8, 4) is 0 Å². The van der Waals surface area contributed by atoms with Crippen LogP contribution in [0.5, 0.6) is 0 Å². The van der Waals surface area contributed by atoms with Crippen molar-refractivity contribution in [2.45, 2.75) is 37.5 Å². The SMILES string of the molecule is CN(CCF)C1COC2(CCN(Cc3ccc(F)c(F)c3)CC2)C1.O=CO.O=CO. The fourth-order valence-electron chi connectivity index (χ4n) is 3.78. The van der Waals surface area contributed by atoms with Crippen LogP contribution in [-0.4, -0.2) is 84.6 Å². The van der Waals surface area contributed by atoms with Crippen molar-refractivity contribution in [1.29, 1.82) is 0 Å². The van der Waals surface area contributed by atoms with Crippen LogP contribution in [0.3, 0.4) is 0 Å². The molecule has 30 heavy (non-hydrogen) atoms. The Labute approximate surface area is 174 Å². The largest absolute Gasteiger partial charge is 0.483 e. The molecule has 1 spiro atoms. The van der Waals surface area contributed by atoms with Gasteiger partial charge in [-0.15, -0.1) is 0 Å². The minimum Gasteiger partial charge on any atom is -0.483 e. The Morgan fingerprint density at radius 1 is 1.20 bits per heavy atom. The highest BCUT2D eigenvalue weighted by Crippen LogP contribution is 2.37. The van der Waals surface area contributed by atoms with Crippen molar-refractivity contribution in [3.63, 3.8) is 0 Å². The third kappa shape index (κ3) is 7.92. The van der Waals surface area contributed by atoms with Crippen molar-refractivity contribution in [2.75, 3.05) is 40.0 Å². The Hall–Kier alpha value is -2.17. The number of ether oxygens (including phenoxy) is 1. The number of benzene rings is 1. The fraction of sp³-hybridized carbons (Fsp3) is 0.600. The normalized spacial score (nSPS) is 20.1. The van der Waals surface area contributed by atoms with E-state index in [1.165, 1.54) is 12.1 Å². The van der Waals surface area contributed by atoms with Gasteiger partial charge in [-0.05, 0) is 44.0 Å². The van der Waals surface area contributed by atoms with Gasteiger partial charge in [0, 0.05) is 32.2 Å². The summed E-state index contributed by atoms with van der Waals surface area (Å²) in [4.78, 5) is 21.0. The summed E-state index contributed by atoms with van der Waals surface area (Å²) in [7, 11) is 1.95. The Kier molecular flexibility index (Phi) is 11.4. The lowest BCUT2D eigenvalue weighted by molar-refractivity contribution is -0.123. The molecular formula is C20H29F3N2O5. The van der Waals surface area contributed by atoms with Crippen LogP contribution in [0.15, 0.2) is 18.2 Å². The molecule has 0 radical (unpaired) electrons. The van der Waals surface area contributed by atoms with E-state index in [2.05, 4.69) is 4.90 Å². The molecule has 0 aliphatic carbocycles. The van der Waals surface area contributed by atoms with Gasteiger partial charge in [-0.1, -0.05) is 6.07 Å². The molecule has 170 valence electrons. The Morgan fingerprint density at radius 3 is 2.33 bits per heavy atom. The number of likely N-dealkylation sites (N-methyl/N-ethyl adjacent to an activating group) is 1. The van der Waals surface area contributed by atoms with Gasteiger partial charge in [0.1, 0.15) is 6.67 Å². The van der Waals surface area contributed by atoms with Crippen LogP contribution in [0.4, 0.5) is 13.2 Å². The van der Waals surface area contributed by atoms with Crippen molar-refractivity contribution in [3.05, 3.63) is 35.4 Å². The van der Waals surface area contributed by atoms with E-state index in [0.29, 0.717) is 25.7 Å². The van der Waals surface area contributed by atoms with Crippen molar-refractivity contribution < 1.29 is 37.7 Å². The molecule has 1 atom stereocenters. The van der Waals surface area contributed by atoms with Gasteiger partial charge in [0.15, 0.2) is 11.6 Å². The Balaban J connectivity index is 0.000000672. The number of nitrogens with zero attached hydrogens (tertiary/aromatic N) is 2. The maximum atomic E-state index is 13.3. The second kappa shape index (κ2) is 13.2. The van der Waals surface area contributed by atoms with Gasteiger partial charge in [-0.25, -0.2) is 13.2 Å². The summed E-state index contributed by atoms with van der Waals surface area (Å²) in [5, 5.41) is 13.8. The zero-order valence-electron chi connectivity index (χ0n) is 17.0. The molecule has 2 aliphatic rings. The van der Waals surface area contributed by atoms with E-state index in [1.54, 1.807) is 6.07 Å². The first-order valence-electron chi connectivity index (χ1n) is 9.56. The molecular weight excluding hydrogens is 405 g/mol. The molecule has 2 heterocycles. The number of halogens is 3. The summed E-state index contributed by atoms with van der Waals surface area (Å²) < 4.78 is 44.9. The molecule has 0 saturated carbocycles. The van der Waals surface area contributed by atoms with Gasteiger partial charge in [-0.2, -0.15) is 0 Å². The monoisotopic (exact) mass is 434 g/mol. The smallest absolute Gasteiger partial charge is 0.290 e. The van der Waals surface area contributed by atoms with Crippen molar-refractivity contribution >= 4 is 12.9 Å². The van der Waals surface area contributed by atoms with Gasteiger partial charge in [-0.3, -0.25) is 19.4 Å². The van der Waals surface area contributed by atoms with E-state index in [4.69, 9.17) is 24.5 Å². The van der Waals surface area contributed by atoms with Gasteiger partial charge < -0.3 is 14.9 Å². The number of likely N-dealkylation sites (tertiary alicyclic amines) is 1. The second-order valence-corrected chi connectivity index (χ2v) is 7.26. The lowest BCUT2D eigenvalue weighted by atomic mass is 9.87. The highest BCUT2D eigenvalue weighted by atomic mass is 19.2. The maximum Gasteiger partial charge on any atom is 0.290 e. The third-order valence-corrected chi connectivity index (χ3v) is 5.41. The Bertz CT molecular complexity index is 651. The van der Waals surface area contributed by atoms with Gasteiger partial charge in [0.2, 0.25) is 0 Å². The van der Waals surface area contributed by atoms with E-state index >= 15 is 0 Å². The third-order valence-electron chi connectivity index (χ3n) is 5.41. The molecule has 3 rings (SSSR count). The summed E-state index contributed by atoms with van der Waals surface area (Å²) in [5.41, 5.74) is 0.692. The number of piperidine rings is 1. The number of rotatable bonds is 5. The molecule has 1 unspecified atom stereocenters. The molecule has 2 aliphatic heterocycles. The van der Waals surface area contributed by atoms with Crippen LogP contribution in [0, 0.1) is 11.6 Å². The molecule has 1 aromatic rings. The standard InChI is InChI=1S/C18H25F3N2O.2CH2O2/c1-22(9-6-19)15-11-18(24-13-15)4-7-23(8-5-18)12-14-2-3-16(20)17(21)10-14;2*2-1-3/h2-3,10,15H,4-9,11-13H2,1H3;2*1H,(H,2,3). The minimum absolute atomic E-state index is 0.0974. The summed E-state index contributed by atoms with van der Waals surface area (Å²) in [6.07, 6.45) is 2.80. The Morgan fingerprint density at radius 2 is 1.80 bits per heavy atom. The number of hydrogen-bond acceptors (Lipinski definition) is 5. The average molecular weight is 434 g/mol. The lowest BCUT2D eigenvalue weighted by Gasteiger charge is -2.39. The molecule has 2 fully saturated rings. The zero-order valence-corrected chi connectivity index (χ0v) is 17.0. The summed E-state index contributed by atoms with van der Waals surface area (Å²) in [5.74, 6) is -1.60. The summed E-state index contributed by atoms with van der Waals surface area (Å²) in [6.45, 7) is 2.66. The van der Waals surface area contributed by atoms with E-state index < -0.39 is 11.6 Å². The molecule has 0 aromatic heterocycles. The van der Waals surface area contributed by atoms with Crippen molar-refractivity contribution in [2.24, 2.45) is 0 Å². The quantitative estimate of drug-likeness (QED) is 0.688. The van der Waals surface area contributed by atoms with E-state index in [-0.39, 0.29) is 25.2 Å². The minimum atomic E-state index is -0.806. The summed E-state index contributed by atoms with van der Waals surface area (Å²) in [6, 6.07) is 4.38. The number of carboxylic acid groups (broad SMARTS) is 2.